The van der Waals surface area contributed by atoms with Crippen molar-refractivity contribution in [3.8, 4) is 0 Å². The molecule has 0 spiro atoms. The van der Waals surface area contributed by atoms with E-state index in [4.69, 9.17) is 0 Å². The number of fused-ring (bicyclic) bond motifs is 1. The standard InChI is InChI=1S/C15H18N4O2/c20-19(21)13-5-6-14-11(9-13)4-7-15(18-14)17-10-12-3-1-2-8-16-12/h4-7,9,12,16H,1-3,8,10H2,(H,17,18). The van der Waals surface area contributed by atoms with Gasteiger partial charge in [-0.15, -0.1) is 0 Å². The average molecular weight is 286 g/mol. The van der Waals surface area contributed by atoms with Gasteiger partial charge >= 0.3 is 0 Å². The van der Waals surface area contributed by atoms with Crippen molar-refractivity contribution in [2.75, 3.05) is 18.4 Å². The molecule has 1 fully saturated rings. The first-order valence-corrected chi connectivity index (χ1v) is 7.25. The normalized spacial score (nSPS) is 18.6. The molecule has 0 radical (unpaired) electrons. The summed E-state index contributed by atoms with van der Waals surface area (Å²) in [5, 5.41) is 18.4. The summed E-state index contributed by atoms with van der Waals surface area (Å²) in [7, 11) is 0. The zero-order valence-corrected chi connectivity index (χ0v) is 11.7. The number of nitrogens with zero attached hydrogens (tertiary/aromatic N) is 2. The van der Waals surface area contributed by atoms with Crippen molar-refractivity contribution in [3.63, 3.8) is 0 Å². The maximum atomic E-state index is 10.8. The van der Waals surface area contributed by atoms with Crippen LogP contribution in [0, 0.1) is 10.1 Å². The highest BCUT2D eigenvalue weighted by atomic mass is 16.6. The Balaban J connectivity index is 1.71. The topological polar surface area (TPSA) is 80.1 Å². The number of hydrogen-bond acceptors (Lipinski definition) is 5. The van der Waals surface area contributed by atoms with Gasteiger partial charge in [0, 0.05) is 30.1 Å². The summed E-state index contributed by atoms with van der Waals surface area (Å²) in [5.74, 6) is 0.809. The van der Waals surface area contributed by atoms with Crippen LogP contribution >= 0.6 is 0 Å². The molecule has 21 heavy (non-hydrogen) atoms. The van der Waals surface area contributed by atoms with Crippen LogP contribution in [0.3, 0.4) is 0 Å². The van der Waals surface area contributed by atoms with Gasteiger partial charge < -0.3 is 10.6 Å². The highest BCUT2D eigenvalue weighted by molar-refractivity contribution is 5.82. The molecule has 110 valence electrons. The van der Waals surface area contributed by atoms with Gasteiger partial charge in [-0.3, -0.25) is 10.1 Å². The van der Waals surface area contributed by atoms with Crippen LogP contribution in [0.5, 0.6) is 0 Å². The number of pyridine rings is 1. The van der Waals surface area contributed by atoms with Gasteiger partial charge in [-0.2, -0.15) is 0 Å². The van der Waals surface area contributed by atoms with Crippen LogP contribution in [-0.2, 0) is 0 Å². The minimum atomic E-state index is -0.389. The summed E-state index contributed by atoms with van der Waals surface area (Å²) in [5.41, 5.74) is 0.860. The fourth-order valence-electron chi connectivity index (χ4n) is 2.65. The molecule has 1 atom stereocenters. The first kappa shape index (κ1) is 13.8. The highest BCUT2D eigenvalue weighted by Crippen LogP contribution is 2.21. The second-order valence-electron chi connectivity index (χ2n) is 5.36. The Hall–Kier alpha value is -2.21. The molecule has 1 aliphatic heterocycles. The molecule has 1 unspecified atom stereocenters. The third-order valence-electron chi connectivity index (χ3n) is 3.83. The molecular formula is C15H18N4O2. The molecule has 6 nitrogen and oxygen atoms in total. The zero-order valence-electron chi connectivity index (χ0n) is 11.7. The monoisotopic (exact) mass is 286 g/mol. The minimum Gasteiger partial charge on any atom is -0.368 e. The number of aromatic nitrogens is 1. The number of anilines is 1. The van der Waals surface area contributed by atoms with E-state index in [9.17, 15) is 10.1 Å². The number of nitrogens with one attached hydrogen (secondary N) is 2. The number of non-ortho nitro benzene ring substituents is 1. The van der Waals surface area contributed by atoms with Crippen LogP contribution < -0.4 is 10.6 Å². The first-order valence-electron chi connectivity index (χ1n) is 7.25. The molecule has 6 heteroatoms. The predicted molar refractivity (Wildman–Crippen MR) is 82.5 cm³/mol. The SMILES string of the molecule is O=[N+]([O-])c1ccc2nc(NCC3CCCCN3)ccc2c1. The Labute approximate surface area is 122 Å². The molecule has 2 aromatic rings. The molecule has 0 bridgehead atoms. The van der Waals surface area contributed by atoms with E-state index in [-0.39, 0.29) is 10.6 Å². The van der Waals surface area contributed by atoms with E-state index in [1.165, 1.54) is 25.3 Å². The van der Waals surface area contributed by atoms with Gasteiger partial charge in [0.1, 0.15) is 5.82 Å². The highest BCUT2D eigenvalue weighted by Gasteiger charge is 2.12. The second kappa shape index (κ2) is 6.05. The summed E-state index contributed by atoms with van der Waals surface area (Å²) >= 11 is 0. The van der Waals surface area contributed by atoms with E-state index in [1.54, 1.807) is 12.1 Å². The fourth-order valence-corrected chi connectivity index (χ4v) is 2.65. The lowest BCUT2D eigenvalue weighted by atomic mass is 10.1. The molecule has 3 rings (SSSR count). The number of benzene rings is 1. The van der Waals surface area contributed by atoms with Gasteiger partial charge in [-0.05, 0) is 37.6 Å². The number of hydrogen-bond donors (Lipinski definition) is 2. The van der Waals surface area contributed by atoms with Crippen molar-refractivity contribution in [3.05, 3.63) is 40.4 Å². The third kappa shape index (κ3) is 3.28. The number of rotatable bonds is 4. The van der Waals surface area contributed by atoms with Gasteiger partial charge in [0.2, 0.25) is 0 Å². The molecule has 2 heterocycles. The fraction of sp³-hybridized carbons (Fsp3) is 0.400. The summed E-state index contributed by atoms with van der Waals surface area (Å²) in [4.78, 5) is 14.9. The summed E-state index contributed by atoms with van der Waals surface area (Å²) in [6, 6.07) is 8.96. The molecule has 2 N–H and O–H groups in total. The van der Waals surface area contributed by atoms with Crippen molar-refractivity contribution in [1.82, 2.24) is 10.3 Å². The number of nitro groups is 1. The molecule has 1 aliphatic rings. The van der Waals surface area contributed by atoms with Crippen LogP contribution in [0.25, 0.3) is 10.9 Å². The van der Waals surface area contributed by atoms with Crippen molar-refractivity contribution in [2.45, 2.75) is 25.3 Å². The van der Waals surface area contributed by atoms with Crippen LogP contribution in [0.1, 0.15) is 19.3 Å². The molecule has 0 saturated carbocycles. The van der Waals surface area contributed by atoms with Gasteiger partial charge in [0.25, 0.3) is 5.69 Å². The third-order valence-corrected chi connectivity index (χ3v) is 3.83. The predicted octanol–water partition coefficient (Wildman–Crippen LogP) is 2.70. The lowest BCUT2D eigenvalue weighted by Gasteiger charge is -2.23. The van der Waals surface area contributed by atoms with Gasteiger partial charge in [-0.25, -0.2) is 4.98 Å². The van der Waals surface area contributed by atoms with Crippen molar-refractivity contribution in [1.29, 1.82) is 0 Å². The minimum absolute atomic E-state index is 0.0939. The number of nitro benzene ring substituents is 1. The smallest absolute Gasteiger partial charge is 0.270 e. The quantitative estimate of drug-likeness (QED) is 0.667. The van der Waals surface area contributed by atoms with Crippen LogP contribution in [0.4, 0.5) is 11.5 Å². The van der Waals surface area contributed by atoms with E-state index >= 15 is 0 Å². The van der Waals surface area contributed by atoms with Gasteiger partial charge in [0.05, 0.1) is 10.4 Å². The Morgan fingerprint density at radius 2 is 2.24 bits per heavy atom. The largest absolute Gasteiger partial charge is 0.368 e. The van der Waals surface area contributed by atoms with E-state index in [1.807, 2.05) is 12.1 Å². The first-order chi connectivity index (χ1) is 10.2. The molecule has 0 aliphatic carbocycles. The number of piperidine rings is 1. The molecule has 1 aromatic carbocycles. The molecule has 1 saturated heterocycles. The Kier molecular flexibility index (Phi) is 3.96. The van der Waals surface area contributed by atoms with E-state index in [0.29, 0.717) is 6.04 Å². The lowest BCUT2D eigenvalue weighted by molar-refractivity contribution is -0.384. The Bertz CT molecular complexity index is 653. The maximum Gasteiger partial charge on any atom is 0.270 e. The maximum absolute atomic E-state index is 10.8. The van der Waals surface area contributed by atoms with E-state index < -0.39 is 0 Å². The second-order valence-corrected chi connectivity index (χ2v) is 5.36. The summed E-state index contributed by atoms with van der Waals surface area (Å²) in [6.45, 7) is 1.94. The lowest BCUT2D eigenvalue weighted by Crippen LogP contribution is -2.39. The van der Waals surface area contributed by atoms with Gasteiger partial charge in [-0.1, -0.05) is 6.42 Å². The average Bonchev–Trinajstić information content (AvgIpc) is 2.53. The van der Waals surface area contributed by atoms with Crippen molar-refractivity contribution < 1.29 is 4.92 Å². The van der Waals surface area contributed by atoms with E-state index in [2.05, 4.69) is 15.6 Å². The van der Waals surface area contributed by atoms with Gasteiger partial charge in [0.15, 0.2) is 0 Å². The molecule has 0 amide bonds. The zero-order chi connectivity index (χ0) is 14.7. The molecule has 1 aromatic heterocycles. The summed E-state index contributed by atoms with van der Waals surface area (Å²) in [6.07, 6.45) is 3.71. The van der Waals surface area contributed by atoms with E-state index in [0.717, 1.165) is 29.8 Å². The van der Waals surface area contributed by atoms with Crippen LogP contribution in [0.15, 0.2) is 30.3 Å². The van der Waals surface area contributed by atoms with Crippen molar-refractivity contribution >= 4 is 22.4 Å². The molecular weight excluding hydrogens is 268 g/mol. The Morgan fingerprint density at radius 1 is 1.33 bits per heavy atom. The van der Waals surface area contributed by atoms with Crippen LogP contribution in [0.2, 0.25) is 0 Å². The van der Waals surface area contributed by atoms with Crippen molar-refractivity contribution in [2.24, 2.45) is 0 Å². The summed E-state index contributed by atoms with van der Waals surface area (Å²) < 4.78 is 0. The Morgan fingerprint density at radius 3 is 3.00 bits per heavy atom. The van der Waals surface area contributed by atoms with Crippen LogP contribution in [-0.4, -0.2) is 29.0 Å².